The van der Waals surface area contributed by atoms with Crippen LogP contribution in [0.5, 0.6) is 0 Å². The number of carboxylic acid groups (broad SMARTS) is 1. The van der Waals surface area contributed by atoms with E-state index in [2.05, 4.69) is 4.98 Å². The van der Waals surface area contributed by atoms with Gasteiger partial charge in [0, 0.05) is 18.7 Å². The van der Waals surface area contributed by atoms with Crippen LogP contribution >= 0.6 is 11.3 Å². The number of nitrogens with zero attached hydrogens (tertiary/aromatic N) is 2. The Kier molecular flexibility index (Phi) is 4.19. The third-order valence-corrected chi connectivity index (χ3v) is 3.76. The molecule has 0 atom stereocenters. The van der Waals surface area contributed by atoms with E-state index in [1.54, 1.807) is 18.2 Å². The number of nitrogens with two attached hydrogens (primary N) is 1. The van der Waals surface area contributed by atoms with Crippen molar-refractivity contribution in [1.82, 2.24) is 9.88 Å². The lowest BCUT2D eigenvalue weighted by molar-refractivity contribution is -0.137. The van der Waals surface area contributed by atoms with Gasteiger partial charge in [0.05, 0.1) is 16.6 Å². The van der Waals surface area contributed by atoms with Gasteiger partial charge in [-0.2, -0.15) is 0 Å². The number of carbonyl (C=O) groups is 2. The number of amides is 1. The van der Waals surface area contributed by atoms with Crippen LogP contribution in [0, 0.1) is 0 Å². The number of carboxylic acids is 1. The Balaban J connectivity index is 2.22. The summed E-state index contributed by atoms with van der Waals surface area (Å²) in [5.74, 6) is -1.09. The standard InChI is InChI=1S/C13H15N3O3S/c1-2-16(6-5-11(17)18)12(19)8-3-4-9-10(7-8)20-13(14)15-9/h3-4,7H,2,5-6H2,1H3,(H2,14,15)(H,17,18). The van der Waals surface area contributed by atoms with Crippen molar-refractivity contribution in [3.05, 3.63) is 23.8 Å². The molecule has 0 radical (unpaired) electrons. The molecule has 0 aliphatic rings. The van der Waals surface area contributed by atoms with Crippen molar-refractivity contribution in [2.24, 2.45) is 0 Å². The van der Waals surface area contributed by atoms with Crippen molar-refractivity contribution in [1.29, 1.82) is 0 Å². The molecule has 0 bridgehead atoms. The Morgan fingerprint density at radius 2 is 2.20 bits per heavy atom. The number of rotatable bonds is 5. The molecule has 3 N–H and O–H groups in total. The van der Waals surface area contributed by atoms with Gasteiger partial charge >= 0.3 is 5.97 Å². The van der Waals surface area contributed by atoms with Gasteiger partial charge in [-0.25, -0.2) is 4.98 Å². The summed E-state index contributed by atoms with van der Waals surface area (Å²) in [6.45, 7) is 2.49. The molecule has 2 aromatic rings. The Hall–Kier alpha value is -2.15. The summed E-state index contributed by atoms with van der Waals surface area (Å²) >= 11 is 1.32. The van der Waals surface area contributed by atoms with Gasteiger partial charge < -0.3 is 15.7 Å². The summed E-state index contributed by atoms with van der Waals surface area (Å²) in [4.78, 5) is 28.6. The van der Waals surface area contributed by atoms with Crippen LogP contribution in [0.25, 0.3) is 10.2 Å². The number of thiazole rings is 1. The maximum atomic E-state index is 12.3. The number of nitrogen functional groups attached to an aromatic ring is 1. The van der Waals surface area contributed by atoms with E-state index in [1.165, 1.54) is 16.2 Å². The largest absolute Gasteiger partial charge is 0.481 e. The number of benzene rings is 1. The maximum Gasteiger partial charge on any atom is 0.305 e. The zero-order valence-electron chi connectivity index (χ0n) is 11.0. The van der Waals surface area contributed by atoms with Crippen LogP contribution in [0.15, 0.2) is 18.2 Å². The highest BCUT2D eigenvalue weighted by atomic mass is 32.1. The average Bonchev–Trinajstić information content (AvgIpc) is 2.77. The molecule has 7 heteroatoms. The fraction of sp³-hybridized carbons (Fsp3) is 0.308. The second-order valence-corrected chi connectivity index (χ2v) is 5.33. The quantitative estimate of drug-likeness (QED) is 0.876. The Morgan fingerprint density at radius 3 is 2.85 bits per heavy atom. The van der Waals surface area contributed by atoms with Crippen molar-refractivity contribution in [2.75, 3.05) is 18.8 Å². The normalized spacial score (nSPS) is 10.7. The highest BCUT2D eigenvalue weighted by Gasteiger charge is 2.16. The second kappa shape index (κ2) is 5.87. The van der Waals surface area contributed by atoms with Gasteiger partial charge in [0.25, 0.3) is 5.91 Å². The number of aliphatic carboxylic acids is 1. The van der Waals surface area contributed by atoms with Crippen LogP contribution in [0.1, 0.15) is 23.7 Å². The van der Waals surface area contributed by atoms with Crippen LogP contribution in [-0.4, -0.2) is 40.0 Å². The van der Waals surface area contributed by atoms with E-state index in [9.17, 15) is 9.59 Å². The second-order valence-electron chi connectivity index (χ2n) is 4.26. The molecule has 0 aliphatic carbocycles. The smallest absolute Gasteiger partial charge is 0.305 e. The van der Waals surface area contributed by atoms with Gasteiger partial charge in [-0.3, -0.25) is 9.59 Å². The summed E-state index contributed by atoms with van der Waals surface area (Å²) in [6, 6.07) is 5.18. The van der Waals surface area contributed by atoms with Gasteiger partial charge in [-0.15, -0.1) is 0 Å². The topological polar surface area (TPSA) is 96.5 Å². The van der Waals surface area contributed by atoms with Crippen LogP contribution in [0.2, 0.25) is 0 Å². The van der Waals surface area contributed by atoms with Gasteiger partial charge in [0.15, 0.2) is 5.13 Å². The Bertz CT molecular complexity index is 653. The predicted octanol–water partition coefficient (Wildman–Crippen LogP) is 1.82. The van der Waals surface area contributed by atoms with Gasteiger partial charge in [0.1, 0.15) is 0 Å². The third-order valence-electron chi connectivity index (χ3n) is 2.92. The summed E-state index contributed by atoms with van der Waals surface area (Å²) in [7, 11) is 0. The fourth-order valence-corrected chi connectivity index (χ4v) is 2.67. The molecule has 0 fully saturated rings. The highest BCUT2D eigenvalue weighted by molar-refractivity contribution is 7.22. The molecule has 20 heavy (non-hydrogen) atoms. The molecule has 2 rings (SSSR count). The number of carbonyl (C=O) groups excluding carboxylic acids is 1. The van der Waals surface area contributed by atoms with Gasteiger partial charge in [-0.05, 0) is 25.1 Å². The number of aromatic nitrogens is 1. The molecule has 1 amide bonds. The summed E-state index contributed by atoms with van der Waals surface area (Å²) in [5.41, 5.74) is 6.91. The lowest BCUT2D eigenvalue weighted by Crippen LogP contribution is -2.32. The van der Waals surface area contributed by atoms with Crippen molar-refractivity contribution in [3.63, 3.8) is 0 Å². The first kappa shape index (κ1) is 14.3. The van der Waals surface area contributed by atoms with Crippen LogP contribution in [0.3, 0.4) is 0 Å². The lowest BCUT2D eigenvalue weighted by atomic mass is 10.2. The molecule has 0 saturated heterocycles. The van der Waals surface area contributed by atoms with Crippen LogP contribution in [0.4, 0.5) is 5.13 Å². The fourth-order valence-electron chi connectivity index (χ4n) is 1.89. The van der Waals surface area contributed by atoms with Crippen LogP contribution < -0.4 is 5.73 Å². The Labute approximate surface area is 119 Å². The molecule has 0 unspecified atom stereocenters. The molecular formula is C13H15N3O3S. The van der Waals surface area contributed by atoms with E-state index >= 15 is 0 Å². The minimum absolute atomic E-state index is 0.0602. The molecule has 6 nitrogen and oxygen atoms in total. The van der Waals surface area contributed by atoms with Gasteiger partial charge in [0.2, 0.25) is 0 Å². The van der Waals surface area contributed by atoms with Crippen molar-refractivity contribution < 1.29 is 14.7 Å². The van der Waals surface area contributed by atoms with Crippen LogP contribution in [-0.2, 0) is 4.79 Å². The molecule has 1 aromatic heterocycles. The summed E-state index contributed by atoms with van der Waals surface area (Å²) in [5, 5.41) is 9.16. The van der Waals surface area contributed by atoms with E-state index in [0.717, 1.165) is 10.2 Å². The zero-order chi connectivity index (χ0) is 14.7. The van der Waals surface area contributed by atoms with E-state index < -0.39 is 5.97 Å². The lowest BCUT2D eigenvalue weighted by Gasteiger charge is -2.19. The third kappa shape index (κ3) is 3.05. The first-order valence-electron chi connectivity index (χ1n) is 6.18. The molecule has 106 valence electrons. The molecule has 1 heterocycles. The van der Waals surface area contributed by atoms with E-state index in [0.29, 0.717) is 17.2 Å². The number of fused-ring (bicyclic) bond motifs is 1. The van der Waals surface area contributed by atoms with E-state index in [1.807, 2.05) is 6.92 Å². The van der Waals surface area contributed by atoms with E-state index in [4.69, 9.17) is 10.8 Å². The maximum absolute atomic E-state index is 12.3. The molecule has 0 spiro atoms. The monoisotopic (exact) mass is 293 g/mol. The Morgan fingerprint density at radius 1 is 1.45 bits per heavy atom. The SMILES string of the molecule is CCN(CCC(=O)O)C(=O)c1ccc2nc(N)sc2c1. The first-order valence-corrected chi connectivity index (χ1v) is 7.00. The summed E-state index contributed by atoms with van der Waals surface area (Å²) < 4.78 is 0.850. The molecule has 1 aromatic carbocycles. The summed E-state index contributed by atoms with van der Waals surface area (Å²) in [6.07, 6.45) is -0.0602. The molecular weight excluding hydrogens is 278 g/mol. The highest BCUT2D eigenvalue weighted by Crippen LogP contribution is 2.25. The average molecular weight is 293 g/mol. The predicted molar refractivity (Wildman–Crippen MR) is 77.9 cm³/mol. The molecule has 0 saturated carbocycles. The zero-order valence-corrected chi connectivity index (χ0v) is 11.8. The minimum Gasteiger partial charge on any atom is -0.481 e. The van der Waals surface area contributed by atoms with E-state index in [-0.39, 0.29) is 18.9 Å². The van der Waals surface area contributed by atoms with Crippen molar-refractivity contribution in [2.45, 2.75) is 13.3 Å². The van der Waals surface area contributed by atoms with Gasteiger partial charge in [-0.1, -0.05) is 11.3 Å². The molecule has 0 aliphatic heterocycles. The number of anilines is 1. The first-order chi connectivity index (χ1) is 9.51. The minimum atomic E-state index is -0.915. The van der Waals surface area contributed by atoms with Crippen molar-refractivity contribution >= 4 is 38.6 Å². The number of hydrogen-bond acceptors (Lipinski definition) is 5. The van der Waals surface area contributed by atoms with Crippen molar-refractivity contribution in [3.8, 4) is 0 Å². The number of hydrogen-bond donors (Lipinski definition) is 2.